The summed E-state index contributed by atoms with van der Waals surface area (Å²) in [7, 11) is -3.80. The molecule has 6 nitrogen and oxygen atoms in total. The molecule has 7 heteroatoms. The van der Waals surface area contributed by atoms with Crippen molar-refractivity contribution in [3.05, 3.63) is 59.3 Å². The molecule has 0 N–H and O–H groups in total. The highest BCUT2D eigenvalue weighted by Crippen LogP contribution is 2.38. The normalized spacial score (nSPS) is 14.0. The molecule has 29 heavy (non-hydrogen) atoms. The number of sulfonamides is 1. The summed E-state index contributed by atoms with van der Waals surface area (Å²) < 4.78 is 40.1. The van der Waals surface area contributed by atoms with E-state index in [1.54, 1.807) is 12.1 Å². The van der Waals surface area contributed by atoms with Gasteiger partial charge in [0.1, 0.15) is 12.4 Å². The molecule has 1 aromatic heterocycles. The zero-order valence-corrected chi connectivity index (χ0v) is 17.8. The molecular weight excluding hydrogens is 388 g/mol. The van der Waals surface area contributed by atoms with Crippen LogP contribution in [-0.2, 0) is 10.0 Å². The van der Waals surface area contributed by atoms with Gasteiger partial charge >= 0.3 is 0 Å². The molecule has 0 aliphatic carbocycles. The first-order valence-corrected chi connectivity index (χ1v) is 11.0. The van der Waals surface area contributed by atoms with E-state index in [4.69, 9.17) is 9.26 Å². The van der Waals surface area contributed by atoms with Gasteiger partial charge in [-0.05, 0) is 49.1 Å². The molecule has 4 rings (SSSR count). The molecule has 0 unspecified atom stereocenters. The lowest BCUT2D eigenvalue weighted by Gasteiger charge is -2.31. The Morgan fingerprint density at radius 1 is 1.07 bits per heavy atom. The van der Waals surface area contributed by atoms with Crippen molar-refractivity contribution in [2.45, 2.75) is 38.5 Å². The minimum Gasteiger partial charge on any atom is -0.489 e. The molecule has 0 atom stereocenters. The lowest BCUT2D eigenvalue weighted by atomic mass is 10.0. The predicted molar refractivity (Wildman–Crippen MR) is 112 cm³/mol. The maximum absolute atomic E-state index is 13.8. The van der Waals surface area contributed by atoms with Crippen LogP contribution in [0.2, 0.25) is 0 Å². The first kappa shape index (κ1) is 19.5. The number of hydrogen-bond acceptors (Lipinski definition) is 5. The van der Waals surface area contributed by atoms with E-state index in [1.807, 2.05) is 58.0 Å². The van der Waals surface area contributed by atoms with Crippen molar-refractivity contribution in [3.8, 4) is 17.1 Å². The zero-order chi connectivity index (χ0) is 20.8. The lowest BCUT2D eigenvalue weighted by Crippen LogP contribution is -2.38. The summed E-state index contributed by atoms with van der Waals surface area (Å²) in [5.41, 5.74) is 3.75. The smallest absolute Gasteiger partial charge is 0.264 e. The maximum atomic E-state index is 13.8. The van der Waals surface area contributed by atoms with Crippen LogP contribution in [0.4, 0.5) is 5.69 Å². The minimum atomic E-state index is -3.80. The van der Waals surface area contributed by atoms with Gasteiger partial charge in [0, 0.05) is 11.6 Å². The number of fused-ring (bicyclic) bond motifs is 1. The highest BCUT2D eigenvalue weighted by molar-refractivity contribution is 7.93. The number of benzene rings is 2. The number of hydrogen-bond donors (Lipinski definition) is 0. The number of aromatic nitrogens is 1. The molecule has 0 saturated carbocycles. The summed E-state index contributed by atoms with van der Waals surface area (Å²) in [6.07, 6.45) is 0. The Morgan fingerprint density at radius 3 is 2.55 bits per heavy atom. The Kier molecular flexibility index (Phi) is 4.86. The average molecular weight is 413 g/mol. The van der Waals surface area contributed by atoms with Gasteiger partial charge < -0.3 is 9.26 Å². The van der Waals surface area contributed by atoms with E-state index in [9.17, 15) is 8.42 Å². The summed E-state index contributed by atoms with van der Waals surface area (Å²) in [4.78, 5) is 0.286. The molecule has 0 fully saturated rings. The van der Waals surface area contributed by atoms with E-state index < -0.39 is 10.0 Å². The third kappa shape index (κ3) is 3.51. The number of ether oxygens (including phenoxy) is 1. The molecule has 2 heterocycles. The van der Waals surface area contributed by atoms with Crippen LogP contribution in [0.1, 0.15) is 36.6 Å². The van der Waals surface area contributed by atoms with Crippen molar-refractivity contribution in [1.82, 2.24) is 5.16 Å². The largest absolute Gasteiger partial charge is 0.489 e. The van der Waals surface area contributed by atoms with E-state index >= 15 is 0 Å². The van der Waals surface area contributed by atoms with Crippen molar-refractivity contribution in [3.63, 3.8) is 0 Å². The van der Waals surface area contributed by atoms with Gasteiger partial charge in [0.05, 0.1) is 22.8 Å². The van der Waals surface area contributed by atoms with Crippen LogP contribution < -0.4 is 9.04 Å². The predicted octanol–water partition coefficient (Wildman–Crippen LogP) is 4.67. The minimum absolute atomic E-state index is 0.0447. The standard InChI is InChI=1S/C22H24N2O4S/c1-14(2)18-7-6-17(21-12-16(4)23-28-21)13-22(18)29(25,26)24-9-10-27-20-8-5-15(3)11-19(20)24/h5-8,11-14H,9-10H2,1-4H3. The quantitative estimate of drug-likeness (QED) is 0.623. The van der Waals surface area contributed by atoms with Crippen molar-refractivity contribution in [2.24, 2.45) is 0 Å². The fraction of sp³-hybridized carbons (Fsp3) is 0.318. The van der Waals surface area contributed by atoms with Gasteiger partial charge in [-0.25, -0.2) is 8.42 Å². The number of anilines is 1. The Bertz CT molecular complexity index is 1170. The van der Waals surface area contributed by atoms with Crippen LogP contribution in [-0.4, -0.2) is 26.7 Å². The molecule has 0 amide bonds. The van der Waals surface area contributed by atoms with Crippen LogP contribution in [0.5, 0.6) is 5.75 Å². The van der Waals surface area contributed by atoms with Crippen molar-refractivity contribution in [2.75, 3.05) is 17.5 Å². The SMILES string of the molecule is Cc1ccc2c(c1)N(S(=O)(=O)c1cc(-c3cc(C)no3)ccc1C(C)C)CCO2. The topological polar surface area (TPSA) is 72.6 Å². The van der Waals surface area contributed by atoms with Crippen LogP contribution in [0, 0.1) is 13.8 Å². The van der Waals surface area contributed by atoms with Gasteiger partial charge in [0.2, 0.25) is 0 Å². The van der Waals surface area contributed by atoms with E-state index in [1.165, 1.54) is 4.31 Å². The first-order valence-electron chi connectivity index (χ1n) is 9.61. The van der Waals surface area contributed by atoms with E-state index in [0.717, 1.165) is 16.8 Å². The molecular formula is C22H24N2O4S. The van der Waals surface area contributed by atoms with Crippen LogP contribution in [0.25, 0.3) is 11.3 Å². The summed E-state index contributed by atoms with van der Waals surface area (Å²) in [6, 6.07) is 12.8. The Hall–Kier alpha value is -2.80. The van der Waals surface area contributed by atoms with Crippen molar-refractivity contribution in [1.29, 1.82) is 0 Å². The molecule has 1 aliphatic heterocycles. The molecule has 0 spiro atoms. The second-order valence-corrected chi connectivity index (χ2v) is 9.47. The van der Waals surface area contributed by atoms with Gasteiger partial charge in [-0.2, -0.15) is 0 Å². The number of aryl methyl sites for hydroxylation is 2. The second kappa shape index (κ2) is 7.22. The maximum Gasteiger partial charge on any atom is 0.264 e. The molecule has 0 bridgehead atoms. The summed E-state index contributed by atoms with van der Waals surface area (Å²) in [5, 5.41) is 3.92. The van der Waals surface area contributed by atoms with Crippen LogP contribution in [0.3, 0.4) is 0 Å². The molecule has 152 valence electrons. The van der Waals surface area contributed by atoms with Gasteiger partial charge in [-0.15, -0.1) is 0 Å². The molecule has 1 aliphatic rings. The van der Waals surface area contributed by atoms with Gasteiger partial charge in [0.15, 0.2) is 5.76 Å². The van der Waals surface area contributed by atoms with Crippen molar-refractivity contribution >= 4 is 15.7 Å². The van der Waals surface area contributed by atoms with Gasteiger partial charge in [0.25, 0.3) is 10.0 Å². The fourth-order valence-corrected chi connectivity index (χ4v) is 5.39. The monoisotopic (exact) mass is 412 g/mol. The highest BCUT2D eigenvalue weighted by atomic mass is 32.2. The summed E-state index contributed by atoms with van der Waals surface area (Å²) >= 11 is 0. The third-order valence-electron chi connectivity index (χ3n) is 5.05. The summed E-state index contributed by atoms with van der Waals surface area (Å²) in [5.74, 6) is 1.18. The lowest BCUT2D eigenvalue weighted by molar-refractivity contribution is 0.315. The van der Waals surface area contributed by atoms with E-state index in [-0.39, 0.29) is 17.4 Å². The van der Waals surface area contributed by atoms with E-state index in [2.05, 4.69) is 5.16 Å². The Labute approximate surface area is 171 Å². The van der Waals surface area contributed by atoms with Crippen LogP contribution in [0.15, 0.2) is 51.9 Å². The average Bonchev–Trinajstić information content (AvgIpc) is 3.13. The Balaban J connectivity index is 1.88. The first-order chi connectivity index (χ1) is 13.8. The number of rotatable bonds is 4. The van der Waals surface area contributed by atoms with Gasteiger partial charge in [-0.3, -0.25) is 4.31 Å². The molecule has 3 aromatic rings. The molecule has 2 aromatic carbocycles. The third-order valence-corrected chi connectivity index (χ3v) is 6.92. The Morgan fingerprint density at radius 2 is 1.86 bits per heavy atom. The highest BCUT2D eigenvalue weighted by Gasteiger charge is 2.32. The van der Waals surface area contributed by atoms with Gasteiger partial charge in [-0.1, -0.05) is 37.2 Å². The fourth-order valence-electron chi connectivity index (χ4n) is 3.56. The zero-order valence-electron chi connectivity index (χ0n) is 17.0. The molecule has 0 radical (unpaired) electrons. The second-order valence-electron chi connectivity index (χ2n) is 7.64. The molecule has 0 saturated heterocycles. The number of nitrogens with zero attached hydrogens (tertiary/aromatic N) is 2. The van der Waals surface area contributed by atoms with Crippen molar-refractivity contribution < 1.29 is 17.7 Å². The van der Waals surface area contributed by atoms with Crippen LogP contribution >= 0.6 is 0 Å². The summed E-state index contributed by atoms with van der Waals surface area (Å²) in [6.45, 7) is 8.33. The van der Waals surface area contributed by atoms with E-state index in [0.29, 0.717) is 29.4 Å².